The maximum absolute atomic E-state index is 12.5. The van der Waals surface area contributed by atoms with E-state index in [1.807, 2.05) is 0 Å². The van der Waals surface area contributed by atoms with E-state index in [0.29, 0.717) is 12.8 Å². The van der Waals surface area contributed by atoms with Gasteiger partial charge in [-0.15, -0.1) is 0 Å². The molecule has 0 bridgehead atoms. The van der Waals surface area contributed by atoms with Gasteiger partial charge in [0.1, 0.15) is 4.90 Å². The molecule has 1 fully saturated rings. The number of benzene rings is 1. The molecule has 0 radical (unpaired) electrons. The fourth-order valence-electron chi connectivity index (χ4n) is 2.55. The van der Waals surface area contributed by atoms with E-state index >= 15 is 0 Å². The largest absolute Gasteiger partial charge is 0.394 e. The zero-order valence-corrected chi connectivity index (χ0v) is 13.2. The van der Waals surface area contributed by atoms with E-state index in [1.165, 1.54) is 18.2 Å². The molecule has 1 aliphatic carbocycles. The number of hydrogen-bond acceptors (Lipinski definition) is 3. The topological polar surface area (TPSA) is 66.4 Å². The molecule has 1 saturated carbocycles. The van der Waals surface area contributed by atoms with Gasteiger partial charge in [-0.2, -0.15) is 0 Å². The minimum Gasteiger partial charge on any atom is -0.394 e. The molecule has 0 atom stereocenters. The van der Waals surface area contributed by atoms with Crippen LogP contribution in [0.1, 0.15) is 32.1 Å². The second-order valence-electron chi connectivity index (χ2n) is 5.16. The van der Waals surface area contributed by atoms with Crippen LogP contribution in [0.2, 0.25) is 10.0 Å². The maximum Gasteiger partial charge on any atom is 0.242 e. The smallest absolute Gasteiger partial charge is 0.242 e. The summed E-state index contributed by atoms with van der Waals surface area (Å²) in [6.45, 7) is -0.218. The van der Waals surface area contributed by atoms with Gasteiger partial charge in [0, 0.05) is 0 Å². The van der Waals surface area contributed by atoms with Crippen molar-refractivity contribution in [2.45, 2.75) is 42.5 Å². The lowest BCUT2D eigenvalue weighted by molar-refractivity contribution is 0.142. The first-order valence-corrected chi connectivity index (χ1v) is 8.73. The predicted molar refractivity (Wildman–Crippen MR) is 79.7 cm³/mol. The van der Waals surface area contributed by atoms with Gasteiger partial charge in [0.15, 0.2) is 0 Å². The van der Waals surface area contributed by atoms with Gasteiger partial charge in [-0.3, -0.25) is 0 Å². The number of aliphatic hydroxyl groups excluding tert-OH is 1. The van der Waals surface area contributed by atoms with Crippen LogP contribution in [0.5, 0.6) is 0 Å². The van der Waals surface area contributed by atoms with Gasteiger partial charge < -0.3 is 5.11 Å². The maximum atomic E-state index is 12.5. The summed E-state index contributed by atoms with van der Waals surface area (Å²) in [5.74, 6) is 0. The van der Waals surface area contributed by atoms with Crippen LogP contribution in [0.4, 0.5) is 0 Å². The molecule has 0 spiro atoms. The fourth-order valence-corrected chi connectivity index (χ4v) is 4.77. The van der Waals surface area contributed by atoms with Gasteiger partial charge in [0.2, 0.25) is 10.0 Å². The number of halogens is 2. The van der Waals surface area contributed by atoms with Crippen molar-refractivity contribution in [2.24, 2.45) is 0 Å². The van der Waals surface area contributed by atoms with Gasteiger partial charge in [0.25, 0.3) is 0 Å². The number of aliphatic hydroxyl groups is 1. The van der Waals surface area contributed by atoms with Crippen LogP contribution >= 0.6 is 23.2 Å². The molecule has 2 rings (SSSR count). The second-order valence-corrected chi connectivity index (χ2v) is 7.59. The summed E-state index contributed by atoms with van der Waals surface area (Å²) in [7, 11) is -3.81. The van der Waals surface area contributed by atoms with E-state index in [0.717, 1.165) is 19.3 Å². The van der Waals surface area contributed by atoms with Crippen molar-refractivity contribution in [1.82, 2.24) is 4.72 Å². The average molecular weight is 338 g/mol. The summed E-state index contributed by atoms with van der Waals surface area (Å²) in [4.78, 5) is -0.0509. The fraction of sp³-hybridized carbons (Fsp3) is 0.538. The van der Waals surface area contributed by atoms with Crippen molar-refractivity contribution >= 4 is 33.2 Å². The van der Waals surface area contributed by atoms with Crippen LogP contribution in [0.15, 0.2) is 23.1 Å². The Kier molecular flexibility index (Phi) is 4.97. The molecule has 7 heteroatoms. The molecule has 1 aliphatic rings. The molecule has 1 aromatic rings. The van der Waals surface area contributed by atoms with Crippen LogP contribution in [-0.4, -0.2) is 25.7 Å². The van der Waals surface area contributed by atoms with Crippen molar-refractivity contribution in [1.29, 1.82) is 0 Å². The van der Waals surface area contributed by atoms with Crippen molar-refractivity contribution in [2.75, 3.05) is 6.61 Å². The van der Waals surface area contributed by atoms with Gasteiger partial charge in [-0.1, -0.05) is 48.5 Å². The number of sulfonamides is 1. The standard InChI is InChI=1S/C13H17Cl2NO3S/c14-10-5-4-6-11(12(10)15)20(18,19)16-13(9-17)7-2-1-3-8-13/h4-6,16-17H,1-3,7-9H2. The Labute approximate surface area is 129 Å². The summed E-state index contributed by atoms with van der Waals surface area (Å²) >= 11 is 11.8. The van der Waals surface area contributed by atoms with E-state index in [4.69, 9.17) is 23.2 Å². The Bertz CT molecular complexity index is 583. The normalized spacial score (nSPS) is 18.9. The summed E-state index contributed by atoms with van der Waals surface area (Å²) in [5.41, 5.74) is -0.789. The Morgan fingerprint density at radius 2 is 1.85 bits per heavy atom. The number of hydrogen-bond donors (Lipinski definition) is 2. The quantitative estimate of drug-likeness (QED) is 0.887. The Balaban J connectivity index is 2.33. The van der Waals surface area contributed by atoms with Crippen molar-refractivity contribution in [3.8, 4) is 0 Å². The van der Waals surface area contributed by atoms with Crippen molar-refractivity contribution < 1.29 is 13.5 Å². The summed E-state index contributed by atoms with van der Waals surface area (Å²) in [6.07, 6.45) is 4.10. The molecule has 0 aromatic heterocycles. The van der Waals surface area contributed by atoms with E-state index < -0.39 is 15.6 Å². The minimum atomic E-state index is -3.81. The molecule has 0 amide bonds. The van der Waals surface area contributed by atoms with E-state index in [2.05, 4.69) is 4.72 Å². The first kappa shape index (κ1) is 16.0. The Hall–Kier alpha value is -0.330. The van der Waals surface area contributed by atoms with Gasteiger partial charge in [-0.25, -0.2) is 13.1 Å². The lowest BCUT2D eigenvalue weighted by atomic mass is 9.83. The lowest BCUT2D eigenvalue weighted by Crippen LogP contribution is -2.52. The van der Waals surface area contributed by atoms with Crippen LogP contribution in [-0.2, 0) is 10.0 Å². The van der Waals surface area contributed by atoms with Crippen LogP contribution in [0.25, 0.3) is 0 Å². The summed E-state index contributed by atoms with van der Waals surface area (Å²) in [5, 5.41) is 9.79. The highest BCUT2D eigenvalue weighted by molar-refractivity contribution is 7.89. The van der Waals surface area contributed by atoms with Crippen LogP contribution in [0.3, 0.4) is 0 Å². The van der Waals surface area contributed by atoms with Crippen LogP contribution < -0.4 is 4.72 Å². The molecule has 1 aromatic carbocycles. The molecule has 4 nitrogen and oxygen atoms in total. The predicted octanol–water partition coefficient (Wildman–Crippen LogP) is 2.97. The third-order valence-electron chi connectivity index (χ3n) is 3.67. The van der Waals surface area contributed by atoms with Gasteiger partial charge in [-0.05, 0) is 25.0 Å². The zero-order valence-electron chi connectivity index (χ0n) is 10.9. The first-order chi connectivity index (χ1) is 9.40. The number of nitrogens with one attached hydrogen (secondary N) is 1. The van der Waals surface area contributed by atoms with Gasteiger partial charge in [0.05, 0.1) is 22.2 Å². The molecule has 0 heterocycles. The molecular weight excluding hydrogens is 321 g/mol. The summed E-state index contributed by atoms with van der Waals surface area (Å²) < 4.78 is 27.6. The Morgan fingerprint density at radius 1 is 1.20 bits per heavy atom. The molecule has 2 N–H and O–H groups in total. The molecule has 0 aliphatic heterocycles. The third kappa shape index (κ3) is 3.28. The van der Waals surface area contributed by atoms with Crippen LogP contribution in [0, 0.1) is 0 Å². The molecule has 0 unspecified atom stereocenters. The molecule has 112 valence electrons. The minimum absolute atomic E-state index is 0.00515. The molecule has 0 saturated heterocycles. The highest BCUT2D eigenvalue weighted by Gasteiger charge is 2.36. The monoisotopic (exact) mass is 337 g/mol. The summed E-state index contributed by atoms with van der Waals surface area (Å²) in [6, 6.07) is 4.48. The SMILES string of the molecule is O=S(=O)(NC1(CO)CCCCC1)c1cccc(Cl)c1Cl. The molecule has 20 heavy (non-hydrogen) atoms. The molecular formula is C13H17Cl2NO3S. The van der Waals surface area contributed by atoms with Crippen molar-refractivity contribution in [3.05, 3.63) is 28.2 Å². The van der Waals surface area contributed by atoms with Gasteiger partial charge >= 0.3 is 0 Å². The van der Waals surface area contributed by atoms with E-state index in [1.54, 1.807) is 0 Å². The first-order valence-electron chi connectivity index (χ1n) is 6.49. The van der Waals surface area contributed by atoms with E-state index in [9.17, 15) is 13.5 Å². The zero-order chi connectivity index (χ0) is 14.8. The third-order valence-corrected chi connectivity index (χ3v) is 6.22. The Morgan fingerprint density at radius 3 is 2.45 bits per heavy atom. The van der Waals surface area contributed by atoms with Crippen molar-refractivity contribution in [3.63, 3.8) is 0 Å². The lowest BCUT2D eigenvalue weighted by Gasteiger charge is -2.36. The second kappa shape index (κ2) is 6.20. The highest BCUT2D eigenvalue weighted by Crippen LogP contribution is 2.33. The average Bonchev–Trinajstić information content (AvgIpc) is 2.42. The highest BCUT2D eigenvalue weighted by atomic mass is 35.5. The van der Waals surface area contributed by atoms with E-state index in [-0.39, 0.29) is 21.5 Å². The number of rotatable bonds is 4.